The molecule has 1 amide bonds. The summed E-state index contributed by atoms with van der Waals surface area (Å²) < 4.78 is 16.7. The van der Waals surface area contributed by atoms with Gasteiger partial charge in [-0.25, -0.2) is 14.4 Å². The lowest BCUT2D eigenvalue weighted by molar-refractivity contribution is -0.138. The van der Waals surface area contributed by atoms with Crippen molar-refractivity contribution in [2.75, 3.05) is 0 Å². The number of rotatable bonds is 9. The molecule has 0 aliphatic heterocycles. The fourth-order valence-electron chi connectivity index (χ4n) is 4.39. The number of aromatic nitrogens is 3. The second-order valence-corrected chi connectivity index (χ2v) is 9.85. The number of hydrogen-bond donors (Lipinski definition) is 2. The number of carbonyl (C=O) groups excluding carboxylic acids is 1. The first kappa shape index (κ1) is 27.7. The fourth-order valence-corrected chi connectivity index (χ4v) is 4.39. The molecule has 0 aliphatic carbocycles. The van der Waals surface area contributed by atoms with Crippen LogP contribution in [0.2, 0.25) is 0 Å². The molecular formula is C28H33FN4O4. The Hall–Kier alpha value is -3.88. The van der Waals surface area contributed by atoms with E-state index < -0.39 is 36.2 Å². The maximum absolute atomic E-state index is 15.4. The molecular weight excluding hydrogens is 475 g/mol. The molecule has 0 radical (unpaired) electrons. The number of aryl methyl sites for hydroxylation is 4. The number of halogens is 1. The number of carbonyl (C=O) groups is 2. The largest absolute Gasteiger partial charge is 0.481 e. The van der Waals surface area contributed by atoms with Gasteiger partial charge in [-0.15, -0.1) is 0 Å². The highest BCUT2D eigenvalue weighted by molar-refractivity contribution is 5.81. The zero-order chi connectivity index (χ0) is 27.4. The van der Waals surface area contributed by atoms with Crippen LogP contribution in [0, 0.1) is 39.4 Å². The Bertz CT molecular complexity index is 1360. The van der Waals surface area contributed by atoms with Crippen molar-refractivity contribution in [3.63, 3.8) is 0 Å². The van der Waals surface area contributed by atoms with E-state index in [1.54, 1.807) is 19.2 Å². The summed E-state index contributed by atoms with van der Waals surface area (Å²) in [4.78, 5) is 46.7. The minimum atomic E-state index is -1.27. The Morgan fingerprint density at radius 1 is 1.08 bits per heavy atom. The number of pyridine rings is 1. The molecule has 2 N–H and O–H groups in total. The number of benzene rings is 1. The number of carboxylic acid groups (broad SMARTS) is 1. The van der Waals surface area contributed by atoms with Gasteiger partial charge in [0.15, 0.2) is 11.6 Å². The van der Waals surface area contributed by atoms with E-state index in [-0.39, 0.29) is 28.7 Å². The molecule has 196 valence electrons. The van der Waals surface area contributed by atoms with Crippen LogP contribution in [0.25, 0.3) is 11.4 Å². The lowest BCUT2D eigenvalue weighted by Crippen LogP contribution is -2.40. The van der Waals surface area contributed by atoms with Crippen LogP contribution in [0.3, 0.4) is 0 Å². The fraction of sp³-hybridized carbons (Fsp3) is 0.393. The summed E-state index contributed by atoms with van der Waals surface area (Å²) in [6.45, 7) is 10.9. The second-order valence-electron chi connectivity index (χ2n) is 9.85. The van der Waals surface area contributed by atoms with Crippen molar-refractivity contribution >= 4 is 11.9 Å². The Morgan fingerprint density at radius 2 is 1.73 bits per heavy atom. The molecule has 0 saturated carbocycles. The first-order valence-corrected chi connectivity index (χ1v) is 12.2. The molecule has 0 aliphatic rings. The van der Waals surface area contributed by atoms with Crippen molar-refractivity contribution in [1.82, 2.24) is 19.9 Å². The number of amides is 1. The summed E-state index contributed by atoms with van der Waals surface area (Å²) in [7, 11) is 0. The molecule has 0 saturated heterocycles. The van der Waals surface area contributed by atoms with Crippen molar-refractivity contribution in [2.24, 2.45) is 5.92 Å². The first-order valence-electron chi connectivity index (χ1n) is 12.2. The highest BCUT2D eigenvalue weighted by atomic mass is 19.1. The maximum atomic E-state index is 15.4. The molecule has 0 bridgehead atoms. The molecule has 1 aromatic carbocycles. The summed E-state index contributed by atoms with van der Waals surface area (Å²) >= 11 is 0. The SMILES string of the molecule is Cc1ccn([C@@H](CC(C)C)C(=O)N[C@@H](CC(=O)O)c2nc(-c3c(C)cccc3C)nc(C)c2F)c(=O)c1. The lowest BCUT2D eigenvalue weighted by Gasteiger charge is -2.25. The van der Waals surface area contributed by atoms with Crippen LogP contribution in [0.15, 0.2) is 41.3 Å². The monoisotopic (exact) mass is 508 g/mol. The molecule has 8 nitrogen and oxygen atoms in total. The zero-order valence-corrected chi connectivity index (χ0v) is 22.0. The zero-order valence-electron chi connectivity index (χ0n) is 22.0. The van der Waals surface area contributed by atoms with Crippen LogP contribution in [-0.4, -0.2) is 31.5 Å². The van der Waals surface area contributed by atoms with Crippen LogP contribution < -0.4 is 10.9 Å². The van der Waals surface area contributed by atoms with Gasteiger partial charge in [0, 0.05) is 17.8 Å². The van der Waals surface area contributed by atoms with Crippen molar-refractivity contribution in [3.8, 4) is 11.4 Å². The van der Waals surface area contributed by atoms with Gasteiger partial charge in [-0.1, -0.05) is 32.0 Å². The van der Waals surface area contributed by atoms with Crippen LogP contribution in [0.5, 0.6) is 0 Å². The van der Waals surface area contributed by atoms with Crippen molar-refractivity contribution in [3.05, 3.63) is 80.8 Å². The molecule has 9 heteroatoms. The van der Waals surface area contributed by atoms with E-state index in [4.69, 9.17) is 0 Å². The van der Waals surface area contributed by atoms with Gasteiger partial charge in [0.05, 0.1) is 18.2 Å². The summed E-state index contributed by atoms with van der Waals surface area (Å²) in [5, 5.41) is 12.3. The highest BCUT2D eigenvalue weighted by Crippen LogP contribution is 2.29. The van der Waals surface area contributed by atoms with Gasteiger partial charge >= 0.3 is 5.97 Å². The van der Waals surface area contributed by atoms with Crippen molar-refractivity contribution < 1.29 is 19.1 Å². The molecule has 2 aromatic heterocycles. The van der Waals surface area contributed by atoms with Crippen molar-refractivity contribution in [1.29, 1.82) is 0 Å². The normalized spacial score (nSPS) is 12.9. The summed E-state index contributed by atoms with van der Waals surface area (Å²) in [5.41, 5.74) is 2.72. The molecule has 3 aromatic rings. The average molecular weight is 509 g/mol. The van der Waals surface area contributed by atoms with Gasteiger partial charge < -0.3 is 15.0 Å². The Labute approximate surface area is 215 Å². The number of hydrogen-bond acceptors (Lipinski definition) is 5. The van der Waals surface area contributed by atoms with Crippen LogP contribution in [0.4, 0.5) is 4.39 Å². The number of aliphatic carboxylic acids is 1. The highest BCUT2D eigenvalue weighted by Gasteiger charge is 2.30. The molecule has 0 spiro atoms. The third-order valence-electron chi connectivity index (χ3n) is 6.21. The molecule has 0 unspecified atom stereocenters. The number of nitrogens with one attached hydrogen (secondary N) is 1. The summed E-state index contributed by atoms with van der Waals surface area (Å²) in [6, 6.07) is 6.63. The maximum Gasteiger partial charge on any atom is 0.305 e. The Morgan fingerprint density at radius 3 is 2.30 bits per heavy atom. The average Bonchev–Trinajstić information content (AvgIpc) is 2.79. The molecule has 2 heterocycles. The number of nitrogens with zero attached hydrogens (tertiary/aromatic N) is 3. The minimum Gasteiger partial charge on any atom is -0.481 e. The number of carboxylic acids is 1. The first-order chi connectivity index (χ1) is 17.4. The summed E-state index contributed by atoms with van der Waals surface area (Å²) in [6.07, 6.45) is 1.28. The van der Waals surface area contributed by atoms with Gasteiger partial charge in [0.2, 0.25) is 5.91 Å². The van der Waals surface area contributed by atoms with Gasteiger partial charge in [-0.05, 0) is 62.8 Å². The van der Waals surface area contributed by atoms with Gasteiger partial charge in [-0.3, -0.25) is 14.4 Å². The van der Waals surface area contributed by atoms with E-state index in [2.05, 4.69) is 15.3 Å². The van der Waals surface area contributed by atoms with E-state index in [9.17, 15) is 19.5 Å². The van der Waals surface area contributed by atoms with E-state index >= 15 is 4.39 Å². The van der Waals surface area contributed by atoms with Crippen LogP contribution >= 0.6 is 0 Å². The molecule has 3 rings (SSSR count). The Kier molecular flexibility index (Phi) is 8.57. The second kappa shape index (κ2) is 11.5. The smallest absolute Gasteiger partial charge is 0.305 e. The van der Waals surface area contributed by atoms with Gasteiger partial charge in [0.25, 0.3) is 5.56 Å². The van der Waals surface area contributed by atoms with E-state index in [0.29, 0.717) is 6.42 Å². The predicted molar refractivity (Wildman–Crippen MR) is 139 cm³/mol. The molecule has 0 fully saturated rings. The predicted octanol–water partition coefficient (Wildman–Crippen LogP) is 4.60. The van der Waals surface area contributed by atoms with E-state index in [1.165, 1.54) is 17.6 Å². The van der Waals surface area contributed by atoms with Crippen LogP contribution in [-0.2, 0) is 9.59 Å². The van der Waals surface area contributed by atoms with Gasteiger partial charge in [0.1, 0.15) is 11.7 Å². The summed E-state index contributed by atoms with van der Waals surface area (Å²) in [5.74, 6) is -2.30. The van der Waals surface area contributed by atoms with Crippen molar-refractivity contribution in [2.45, 2.75) is 66.5 Å². The third-order valence-corrected chi connectivity index (χ3v) is 6.21. The quantitative estimate of drug-likeness (QED) is 0.437. The molecule has 37 heavy (non-hydrogen) atoms. The van der Waals surface area contributed by atoms with E-state index in [0.717, 1.165) is 22.3 Å². The lowest BCUT2D eigenvalue weighted by atomic mass is 10.00. The standard InChI is InChI=1S/C28H33FN4O4/c1-15(2)12-21(33-11-10-16(3)13-22(33)34)28(37)31-20(14-23(35)36)26-25(29)19(6)30-27(32-26)24-17(4)8-7-9-18(24)5/h7-11,13,15,20-21H,12,14H2,1-6H3,(H,31,37)(H,35,36)/t20-,21-/m0/s1. The minimum absolute atomic E-state index is 0.0424. The van der Waals surface area contributed by atoms with E-state index in [1.807, 2.05) is 45.9 Å². The Balaban J connectivity index is 2.09. The molecule has 2 atom stereocenters. The van der Waals surface area contributed by atoms with Crippen LogP contribution in [0.1, 0.15) is 66.9 Å². The van der Waals surface area contributed by atoms with Gasteiger partial charge in [-0.2, -0.15) is 0 Å². The topological polar surface area (TPSA) is 114 Å². The third kappa shape index (κ3) is 6.47.